The largest absolute Gasteiger partial charge is 0.424 e. The van der Waals surface area contributed by atoms with Crippen molar-refractivity contribution in [2.45, 2.75) is 13.8 Å². The molecule has 0 radical (unpaired) electrons. The molecule has 0 saturated heterocycles. The summed E-state index contributed by atoms with van der Waals surface area (Å²) in [6.45, 7) is 3.70. The number of carbonyl (C=O) groups is 1. The van der Waals surface area contributed by atoms with Crippen LogP contribution in [0.25, 0.3) is 0 Å². The Kier molecular flexibility index (Phi) is 3.98. The Bertz CT molecular complexity index is 603. The van der Waals surface area contributed by atoms with E-state index >= 15 is 0 Å². The van der Waals surface area contributed by atoms with E-state index in [4.69, 9.17) is 10.5 Å². The van der Waals surface area contributed by atoms with Crippen molar-refractivity contribution >= 4 is 28.5 Å². The van der Waals surface area contributed by atoms with Crippen molar-refractivity contribution in [3.8, 4) is 11.8 Å². The number of primary amides is 1. The highest BCUT2D eigenvalue weighted by Gasteiger charge is 2.11. The van der Waals surface area contributed by atoms with Crippen LogP contribution in [0.4, 0.5) is 0 Å². The first kappa shape index (κ1) is 13.7. The van der Waals surface area contributed by atoms with Crippen LogP contribution < -0.4 is 10.5 Å². The molecule has 19 heavy (non-hydrogen) atoms. The number of rotatable bonds is 3. The highest BCUT2D eigenvalue weighted by Crippen LogP contribution is 2.28. The molecule has 0 atom stereocenters. The fourth-order valence-corrected chi connectivity index (χ4v) is 1.98. The third kappa shape index (κ3) is 3.19. The number of benzene rings is 1. The monoisotopic (exact) mass is 369 g/mol. The number of halogens is 1. The van der Waals surface area contributed by atoms with Gasteiger partial charge in [-0.3, -0.25) is 4.79 Å². The van der Waals surface area contributed by atoms with Gasteiger partial charge in [0.25, 0.3) is 0 Å². The summed E-state index contributed by atoms with van der Waals surface area (Å²) in [6, 6.07) is 3.66. The second kappa shape index (κ2) is 5.52. The zero-order valence-corrected chi connectivity index (χ0v) is 12.6. The van der Waals surface area contributed by atoms with E-state index in [2.05, 4.69) is 32.6 Å². The van der Waals surface area contributed by atoms with Gasteiger partial charge in [-0.15, -0.1) is 0 Å². The number of amides is 1. The lowest BCUT2D eigenvalue weighted by molar-refractivity contribution is 0.1000. The van der Waals surface area contributed by atoms with E-state index in [0.29, 0.717) is 11.3 Å². The lowest BCUT2D eigenvalue weighted by Gasteiger charge is -2.11. The SMILES string of the molecule is Cc1cc(C(N)=O)cc(C)c1Oc1ncc(I)cn1. The number of nitrogens with two attached hydrogens (primary N) is 1. The zero-order chi connectivity index (χ0) is 14.0. The Labute approximate surface area is 124 Å². The summed E-state index contributed by atoms with van der Waals surface area (Å²) in [7, 11) is 0. The Morgan fingerprint density at radius 2 is 1.74 bits per heavy atom. The van der Waals surface area contributed by atoms with Crippen molar-refractivity contribution < 1.29 is 9.53 Å². The van der Waals surface area contributed by atoms with Gasteiger partial charge in [-0.25, -0.2) is 9.97 Å². The van der Waals surface area contributed by atoms with Gasteiger partial charge >= 0.3 is 6.01 Å². The van der Waals surface area contributed by atoms with Crippen molar-refractivity contribution in [2.75, 3.05) is 0 Å². The number of carbonyl (C=O) groups excluding carboxylic acids is 1. The number of aryl methyl sites for hydroxylation is 2. The maximum absolute atomic E-state index is 11.2. The van der Waals surface area contributed by atoms with Crippen molar-refractivity contribution in [3.63, 3.8) is 0 Å². The van der Waals surface area contributed by atoms with Crippen LogP contribution in [0.1, 0.15) is 21.5 Å². The number of ether oxygens (including phenoxy) is 1. The third-order valence-electron chi connectivity index (χ3n) is 2.53. The van der Waals surface area contributed by atoms with Crippen LogP contribution in [0.3, 0.4) is 0 Å². The van der Waals surface area contributed by atoms with Crippen LogP contribution in [0.15, 0.2) is 24.5 Å². The molecule has 1 aromatic heterocycles. The van der Waals surface area contributed by atoms with Gasteiger partial charge in [-0.2, -0.15) is 0 Å². The Morgan fingerprint density at radius 3 is 2.21 bits per heavy atom. The maximum atomic E-state index is 11.2. The van der Waals surface area contributed by atoms with Crippen molar-refractivity contribution in [1.82, 2.24) is 9.97 Å². The minimum Gasteiger partial charge on any atom is -0.424 e. The molecule has 0 aliphatic rings. The van der Waals surface area contributed by atoms with E-state index in [-0.39, 0.29) is 6.01 Å². The molecule has 6 heteroatoms. The van der Waals surface area contributed by atoms with Gasteiger partial charge in [0.1, 0.15) is 5.75 Å². The Hall–Kier alpha value is -1.70. The first-order valence-electron chi connectivity index (χ1n) is 5.54. The molecule has 2 aromatic rings. The first-order valence-corrected chi connectivity index (χ1v) is 6.61. The summed E-state index contributed by atoms with van der Waals surface area (Å²) < 4.78 is 6.58. The molecule has 0 aliphatic heterocycles. The predicted molar refractivity (Wildman–Crippen MR) is 79.3 cm³/mol. The predicted octanol–water partition coefficient (Wildman–Crippen LogP) is 2.59. The minimum absolute atomic E-state index is 0.276. The van der Waals surface area contributed by atoms with Crippen LogP contribution >= 0.6 is 22.6 Å². The van der Waals surface area contributed by atoms with Gasteiger partial charge in [-0.1, -0.05) is 0 Å². The van der Waals surface area contributed by atoms with Crippen molar-refractivity contribution in [3.05, 3.63) is 44.8 Å². The number of aromatic nitrogens is 2. The fraction of sp³-hybridized carbons (Fsp3) is 0.154. The molecule has 5 nitrogen and oxygen atoms in total. The number of hydrogen-bond donors (Lipinski definition) is 1. The molecular weight excluding hydrogens is 357 g/mol. The fourth-order valence-electron chi connectivity index (χ4n) is 1.70. The molecule has 0 aliphatic carbocycles. The average Bonchev–Trinajstić information content (AvgIpc) is 2.35. The van der Waals surface area contributed by atoms with E-state index in [0.717, 1.165) is 14.7 Å². The second-order valence-electron chi connectivity index (χ2n) is 4.09. The number of nitrogens with zero attached hydrogens (tertiary/aromatic N) is 2. The van der Waals surface area contributed by atoms with Crippen molar-refractivity contribution in [2.24, 2.45) is 5.73 Å². The van der Waals surface area contributed by atoms with E-state index in [9.17, 15) is 4.79 Å². The van der Waals surface area contributed by atoms with Crippen LogP contribution in [0.2, 0.25) is 0 Å². The highest BCUT2D eigenvalue weighted by atomic mass is 127. The normalized spacial score (nSPS) is 10.3. The molecule has 0 bridgehead atoms. The maximum Gasteiger partial charge on any atom is 0.321 e. The van der Waals surface area contributed by atoms with E-state index < -0.39 is 5.91 Å². The van der Waals surface area contributed by atoms with Gasteiger partial charge in [0.05, 0.1) is 0 Å². The minimum atomic E-state index is -0.455. The zero-order valence-electron chi connectivity index (χ0n) is 10.5. The first-order chi connectivity index (χ1) is 8.97. The summed E-state index contributed by atoms with van der Waals surface area (Å²) in [6.07, 6.45) is 3.34. The Balaban J connectivity index is 2.35. The molecule has 1 aromatic carbocycles. The molecule has 98 valence electrons. The average molecular weight is 369 g/mol. The summed E-state index contributed by atoms with van der Waals surface area (Å²) in [5.41, 5.74) is 7.36. The summed E-state index contributed by atoms with van der Waals surface area (Å²) in [4.78, 5) is 19.3. The van der Waals surface area contributed by atoms with Crippen LogP contribution in [0, 0.1) is 17.4 Å². The smallest absolute Gasteiger partial charge is 0.321 e. The summed E-state index contributed by atoms with van der Waals surface area (Å²) in [5.74, 6) is 0.189. The van der Waals surface area contributed by atoms with Crippen LogP contribution in [-0.4, -0.2) is 15.9 Å². The van der Waals surface area contributed by atoms with Crippen LogP contribution in [-0.2, 0) is 0 Å². The third-order valence-corrected chi connectivity index (χ3v) is 3.09. The van der Waals surface area contributed by atoms with Gasteiger partial charge < -0.3 is 10.5 Å². The van der Waals surface area contributed by atoms with E-state index in [1.54, 1.807) is 24.5 Å². The highest BCUT2D eigenvalue weighted by molar-refractivity contribution is 14.1. The van der Waals surface area contributed by atoms with Crippen LogP contribution in [0.5, 0.6) is 11.8 Å². The number of hydrogen-bond acceptors (Lipinski definition) is 4. The lowest BCUT2D eigenvalue weighted by Crippen LogP contribution is -2.11. The molecule has 0 saturated carbocycles. The van der Waals surface area contributed by atoms with Gasteiger partial charge in [-0.05, 0) is 59.7 Å². The Morgan fingerprint density at radius 1 is 1.21 bits per heavy atom. The standard InChI is InChI=1S/C13H12IN3O2/c1-7-3-9(12(15)18)4-8(2)11(7)19-13-16-5-10(14)6-17-13/h3-6H,1-2H3,(H2,15,18). The molecule has 1 amide bonds. The molecule has 2 N–H and O–H groups in total. The summed E-state index contributed by atoms with van der Waals surface area (Å²) in [5, 5.41) is 0. The quantitative estimate of drug-likeness (QED) is 0.844. The van der Waals surface area contributed by atoms with Gasteiger partial charge in [0.2, 0.25) is 5.91 Å². The molecule has 1 heterocycles. The second-order valence-corrected chi connectivity index (χ2v) is 5.33. The molecule has 2 rings (SSSR count). The van der Waals surface area contributed by atoms with Gasteiger partial charge in [0, 0.05) is 21.5 Å². The van der Waals surface area contributed by atoms with E-state index in [1.165, 1.54) is 0 Å². The summed E-state index contributed by atoms with van der Waals surface area (Å²) >= 11 is 2.12. The molecule has 0 fully saturated rings. The van der Waals surface area contributed by atoms with Gasteiger partial charge in [0.15, 0.2) is 0 Å². The van der Waals surface area contributed by atoms with E-state index in [1.807, 2.05) is 13.8 Å². The molecule has 0 unspecified atom stereocenters. The molecule has 0 spiro atoms. The molecular formula is C13H12IN3O2. The lowest BCUT2D eigenvalue weighted by atomic mass is 10.1. The topological polar surface area (TPSA) is 78.1 Å². The van der Waals surface area contributed by atoms with Crippen molar-refractivity contribution in [1.29, 1.82) is 0 Å².